The molecule has 0 unspecified atom stereocenters. The summed E-state index contributed by atoms with van der Waals surface area (Å²) in [6, 6.07) is 9.11. The molecule has 0 radical (unpaired) electrons. The highest BCUT2D eigenvalue weighted by Gasteiger charge is 2.47. The van der Waals surface area contributed by atoms with Crippen LogP contribution in [-0.2, 0) is 35.6 Å². The summed E-state index contributed by atoms with van der Waals surface area (Å²) in [4.78, 5) is 19.7. The fraction of sp³-hybridized carbons (Fsp3) is 0.467. The first-order valence-electron chi connectivity index (χ1n) is 14.6. The van der Waals surface area contributed by atoms with Gasteiger partial charge >= 0.3 is 6.18 Å². The molecular formula is C30H35F3N4O6S2. The summed E-state index contributed by atoms with van der Waals surface area (Å²) >= 11 is 0. The lowest BCUT2D eigenvalue weighted by atomic mass is 9.89. The van der Waals surface area contributed by atoms with E-state index in [2.05, 4.69) is 15.2 Å². The molecule has 3 aliphatic rings. The number of hydrogen-bond donors (Lipinski definition) is 1. The van der Waals surface area contributed by atoms with Gasteiger partial charge in [0.15, 0.2) is 9.84 Å². The van der Waals surface area contributed by atoms with Crippen molar-refractivity contribution in [3.05, 3.63) is 70.1 Å². The number of sulfone groups is 1. The summed E-state index contributed by atoms with van der Waals surface area (Å²) in [5.41, 5.74) is -0.858. The molecule has 1 amide bonds. The Morgan fingerprint density at radius 2 is 1.73 bits per heavy atom. The smallest absolute Gasteiger partial charge is 0.379 e. The minimum atomic E-state index is -4.55. The molecule has 0 bridgehead atoms. The van der Waals surface area contributed by atoms with Crippen molar-refractivity contribution in [2.45, 2.75) is 42.8 Å². The molecule has 2 fully saturated rings. The van der Waals surface area contributed by atoms with Crippen molar-refractivity contribution in [3.63, 3.8) is 0 Å². The Balaban J connectivity index is 1.20. The van der Waals surface area contributed by atoms with E-state index in [0.717, 1.165) is 30.6 Å². The number of ether oxygens (including phenoxy) is 1. The van der Waals surface area contributed by atoms with Gasteiger partial charge in [-0.15, -0.1) is 0 Å². The van der Waals surface area contributed by atoms with Gasteiger partial charge < -0.3 is 10.1 Å². The molecule has 45 heavy (non-hydrogen) atoms. The predicted molar refractivity (Wildman–Crippen MR) is 163 cm³/mol. The zero-order chi connectivity index (χ0) is 32.5. The number of aliphatic imine (C=N–C) groups is 1. The van der Waals surface area contributed by atoms with E-state index in [1.54, 1.807) is 19.1 Å². The molecule has 2 saturated heterocycles. The van der Waals surface area contributed by atoms with E-state index in [4.69, 9.17) is 4.74 Å². The number of amides is 1. The summed E-state index contributed by atoms with van der Waals surface area (Å²) < 4.78 is 98.1. The van der Waals surface area contributed by atoms with E-state index in [9.17, 15) is 34.8 Å². The summed E-state index contributed by atoms with van der Waals surface area (Å²) in [5.74, 6) is -0.442. The quantitative estimate of drug-likeness (QED) is 0.435. The second-order valence-corrected chi connectivity index (χ2v) is 15.3. The van der Waals surface area contributed by atoms with Gasteiger partial charge in [0.1, 0.15) is 11.4 Å². The van der Waals surface area contributed by atoms with Crippen molar-refractivity contribution in [1.29, 1.82) is 0 Å². The van der Waals surface area contributed by atoms with Crippen LogP contribution in [0.2, 0.25) is 0 Å². The Kier molecular flexibility index (Phi) is 9.57. The monoisotopic (exact) mass is 668 g/mol. The zero-order valence-electron chi connectivity index (χ0n) is 24.7. The number of nitrogens with zero attached hydrogens (tertiary/aromatic N) is 3. The number of amidine groups is 1. The molecule has 15 heteroatoms. The fourth-order valence-corrected chi connectivity index (χ4v) is 8.20. The van der Waals surface area contributed by atoms with E-state index >= 15 is 0 Å². The SMILES string of the molecule is Cc1cc(S(=O)(=O)CCCN2CCOCC2)ccc1/C=C/S(=O)(=O)N1CCC2(CC1)N=C(c1cccc(C(F)(F)F)c1)NC2=O. The first-order valence-corrected chi connectivity index (χ1v) is 17.7. The predicted octanol–water partition coefficient (Wildman–Crippen LogP) is 3.22. The van der Waals surface area contributed by atoms with Crippen LogP contribution in [0.25, 0.3) is 6.08 Å². The maximum atomic E-state index is 13.2. The van der Waals surface area contributed by atoms with Gasteiger partial charge in [0, 0.05) is 37.2 Å². The largest absolute Gasteiger partial charge is 0.416 e. The maximum Gasteiger partial charge on any atom is 0.416 e. The Labute approximate surface area is 260 Å². The number of sulfonamides is 1. The van der Waals surface area contributed by atoms with Gasteiger partial charge in [-0.1, -0.05) is 18.2 Å². The normalized spacial score (nSPS) is 20.1. The number of piperidine rings is 1. The number of nitrogens with one attached hydrogen (secondary N) is 1. The van der Waals surface area contributed by atoms with E-state index in [1.165, 1.54) is 28.6 Å². The van der Waals surface area contributed by atoms with Gasteiger partial charge in [0.05, 0.1) is 29.4 Å². The van der Waals surface area contributed by atoms with E-state index in [-0.39, 0.29) is 48.0 Å². The minimum Gasteiger partial charge on any atom is -0.379 e. The Morgan fingerprint density at radius 3 is 2.40 bits per heavy atom. The zero-order valence-corrected chi connectivity index (χ0v) is 26.3. The molecule has 1 spiro atoms. The number of halogens is 3. The highest BCUT2D eigenvalue weighted by atomic mass is 32.2. The van der Waals surface area contributed by atoms with Crippen molar-refractivity contribution >= 4 is 37.7 Å². The van der Waals surface area contributed by atoms with Gasteiger partial charge in [-0.2, -0.15) is 17.5 Å². The van der Waals surface area contributed by atoms with Gasteiger partial charge in [0.2, 0.25) is 10.0 Å². The lowest BCUT2D eigenvalue weighted by molar-refractivity contribution is -0.137. The van der Waals surface area contributed by atoms with Crippen LogP contribution in [0.4, 0.5) is 13.2 Å². The molecule has 0 saturated carbocycles. The molecule has 10 nitrogen and oxygen atoms in total. The average Bonchev–Trinajstić information content (AvgIpc) is 3.31. The molecule has 5 rings (SSSR count). The molecule has 3 aliphatic heterocycles. The van der Waals surface area contributed by atoms with Crippen molar-refractivity contribution in [2.75, 3.05) is 51.7 Å². The van der Waals surface area contributed by atoms with Gasteiger partial charge in [-0.05, 0) is 74.2 Å². The number of aryl methyl sites for hydroxylation is 1. The van der Waals surface area contributed by atoms with Crippen LogP contribution in [0.15, 0.2) is 57.8 Å². The summed E-state index contributed by atoms with van der Waals surface area (Å²) in [6.45, 7) is 5.22. The second-order valence-electron chi connectivity index (χ2n) is 11.4. The number of carbonyl (C=O) groups is 1. The van der Waals surface area contributed by atoms with Crippen LogP contribution < -0.4 is 5.32 Å². The van der Waals surface area contributed by atoms with Crippen molar-refractivity contribution in [1.82, 2.24) is 14.5 Å². The molecule has 0 atom stereocenters. The van der Waals surface area contributed by atoms with Gasteiger partial charge in [-0.25, -0.2) is 16.8 Å². The lowest BCUT2D eigenvalue weighted by Gasteiger charge is -2.34. The number of rotatable bonds is 9. The third-order valence-electron chi connectivity index (χ3n) is 8.36. The molecule has 0 aliphatic carbocycles. The van der Waals surface area contributed by atoms with Crippen LogP contribution >= 0.6 is 0 Å². The average molecular weight is 669 g/mol. The number of carbonyl (C=O) groups excluding carboxylic acids is 1. The molecule has 2 aromatic carbocycles. The summed E-state index contributed by atoms with van der Waals surface area (Å²) in [6.07, 6.45) is -2.52. The third kappa shape index (κ3) is 7.65. The topological polar surface area (TPSA) is 125 Å². The Bertz CT molecular complexity index is 1710. The lowest BCUT2D eigenvalue weighted by Crippen LogP contribution is -2.50. The Morgan fingerprint density at radius 1 is 1.02 bits per heavy atom. The number of benzene rings is 2. The van der Waals surface area contributed by atoms with Crippen LogP contribution in [-0.4, -0.2) is 95.0 Å². The van der Waals surface area contributed by atoms with Crippen molar-refractivity contribution in [2.24, 2.45) is 4.99 Å². The summed E-state index contributed by atoms with van der Waals surface area (Å²) in [5, 5.41) is 3.62. The fourth-order valence-electron chi connectivity index (χ4n) is 5.64. The number of hydrogen-bond acceptors (Lipinski definition) is 8. The van der Waals surface area contributed by atoms with Crippen LogP contribution in [0.1, 0.15) is 41.5 Å². The van der Waals surface area contributed by atoms with Crippen LogP contribution in [0.5, 0.6) is 0 Å². The molecular weight excluding hydrogens is 633 g/mol. The van der Waals surface area contributed by atoms with Gasteiger partial charge in [0.25, 0.3) is 5.91 Å². The molecule has 0 aromatic heterocycles. The summed E-state index contributed by atoms with van der Waals surface area (Å²) in [7, 11) is -7.40. The maximum absolute atomic E-state index is 13.2. The standard InChI is InChI=1S/C30H35F3N4O6S2/c1-22-20-26(44(39,40)18-3-11-36-14-16-43-17-15-36)7-6-23(22)8-19-45(41,42)37-12-9-29(10-13-37)28(38)34-27(35-29)24-4-2-5-25(21-24)30(31,32)33/h2,4-8,19-21H,3,9-18H2,1H3,(H,34,35,38)/b19-8+. The number of morpholine rings is 1. The van der Waals surface area contributed by atoms with Crippen LogP contribution in [0.3, 0.4) is 0 Å². The van der Waals surface area contributed by atoms with E-state index < -0.39 is 43.0 Å². The van der Waals surface area contributed by atoms with Gasteiger partial charge in [-0.3, -0.25) is 14.7 Å². The highest BCUT2D eigenvalue weighted by molar-refractivity contribution is 7.92. The number of alkyl halides is 3. The first kappa shape index (κ1) is 33.3. The third-order valence-corrected chi connectivity index (χ3v) is 11.7. The molecule has 1 N–H and O–H groups in total. The van der Waals surface area contributed by atoms with Crippen molar-refractivity contribution in [3.8, 4) is 0 Å². The van der Waals surface area contributed by atoms with Crippen LogP contribution in [0, 0.1) is 6.92 Å². The molecule has 2 aromatic rings. The van der Waals surface area contributed by atoms with Crippen molar-refractivity contribution < 1.29 is 39.5 Å². The highest BCUT2D eigenvalue weighted by Crippen LogP contribution is 2.34. The minimum absolute atomic E-state index is 0.00726. The molecule has 3 heterocycles. The molecule has 244 valence electrons. The first-order chi connectivity index (χ1) is 21.2. The van der Waals surface area contributed by atoms with E-state index in [1.807, 2.05) is 0 Å². The Hall–Kier alpha value is -3.11. The van der Waals surface area contributed by atoms with E-state index in [0.29, 0.717) is 37.3 Å². The second kappa shape index (κ2) is 12.9.